The molecule has 0 bridgehead atoms. The number of amides is 2. The molecule has 0 aliphatic carbocycles. The molecule has 1 aromatic rings. The molecule has 6 nitrogen and oxygen atoms in total. The molecular weight excluding hydrogens is 304 g/mol. The van der Waals surface area contributed by atoms with Crippen LogP contribution in [-0.2, 0) is 4.74 Å². The van der Waals surface area contributed by atoms with Crippen LogP contribution in [0.15, 0.2) is 18.2 Å². The van der Waals surface area contributed by atoms with Crippen molar-refractivity contribution >= 4 is 17.4 Å². The van der Waals surface area contributed by atoms with Gasteiger partial charge in [0.05, 0.1) is 25.2 Å². The number of nitrogens with zero attached hydrogens (tertiary/aromatic N) is 3. The Hall–Kier alpha value is -2.26. The Labute approximate surface area is 144 Å². The van der Waals surface area contributed by atoms with Gasteiger partial charge in [-0.05, 0) is 44.5 Å². The molecule has 130 valence electrons. The highest BCUT2D eigenvalue weighted by Gasteiger charge is 2.17. The predicted octanol–water partition coefficient (Wildman–Crippen LogP) is 2.85. The second-order valence-electron chi connectivity index (χ2n) is 6.10. The van der Waals surface area contributed by atoms with Crippen LogP contribution in [0.1, 0.15) is 19.4 Å². The quantitative estimate of drug-likeness (QED) is 0.901. The normalized spacial score (nSPS) is 15.5. The van der Waals surface area contributed by atoms with Crippen LogP contribution in [0.5, 0.6) is 0 Å². The molecule has 1 atom stereocenters. The van der Waals surface area contributed by atoms with Crippen LogP contribution < -0.4 is 10.2 Å². The second kappa shape index (κ2) is 8.55. The fourth-order valence-corrected chi connectivity index (χ4v) is 2.73. The number of aryl methyl sites for hydroxylation is 1. The van der Waals surface area contributed by atoms with E-state index in [1.54, 1.807) is 4.90 Å². The average molecular weight is 330 g/mol. The monoisotopic (exact) mass is 330 g/mol. The lowest BCUT2D eigenvalue weighted by molar-refractivity contribution is 0.122. The first-order chi connectivity index (χ1) is 11.5. The molecule has 0 spiro atoms. The summed E-state index contributed by atoms with van der Waals surface area (Å²) in [7, 11) is 0. The van der Waals surface area contributed by atoms with E-state index in [0.29, 0.717) is 13.1 Å². The number of hydrogen-bond donors (Lipinski definition) is 1. The number of nitrogens with one attached hydrogen (secondary N) is 1. The first-order valence-corrected chi connectivity index (χ1v) is 8.44. The third-order valence-electron chi connectivity index (χ3n) is 4.21. The van der Waals surface area contributed by atoms with Gasteiger partial charge < -0.3 is 19.9 Å². The molecule has 1 saturated heterocycles. The number of morpholine rings is 1. The molecule has 2 amide bonds. The zero-order valence-corrected chi connectivity index (χ0v) is 14.7. The number of carbonyl (C=O) groups is 1. The summed E-state index contributed by atoms with van der Waals surface area (Å²) in [5, 5.41) is 11.9. The summed E-state index contributed by atoms with van der Waals surface area (Å²) in [6, 6.07) is 8.07. The van der Waals surface area contributed by atoms with Crippen LogP contribution >= 0.6 is 0 Å². The Morgan fingerprint density at radius 1 is 1.46 bits per heavy atom. The van der Waals surface area contributed by atoms with E-state index >= 15 is 0 Å². The summed E-state index contributed by atoms with van der Waals surface area (Å²) >= 11 is 0. The standard InChI is InChI=1S/C18H26N4O2/c1-4-21(13-14(2)12-19)18(23)20-17-6-5-16(11-15(17)3)22-7-9-24-10-8-22/h5-6,11,14H,4,7-10,13H2,1-3H3,(H,20,23). The topological polar surface area (TPSA) is 68.6 Å². The van der Waals surface area contributed by atoms with Crippen molar-refractivity contribution in [3.8, 4) is 6.07 Å². The van der Waals surface area contributed by atoms with E-state index in [4.69, 9.17) is 10.00 Å². The van der Waals surface area contributed by atoms with E-state index < -0.39 is 0 Å². The molecular formula is C18H26N4O2. The summed E-state index contributed by atoms with van der Waals surface area (Å²) in [5.74, 6) is -0.180. The van der Waals surface area contributed by atoms with E-state index in [1.807, 2.05) is 32.9 Å². The number of anilines is 2. The molecule has 1 fully saturated rings. The van der Waals surface area contributed by atoms with Crippen molar-refractivity contribution < 1.29 is 9.53 Å². The SMILES string of the molecule is CCN(CC(C)C#N)C(=O)Nc1ccc(N2CCOCC2)cc1C. The number of ether oxygens (including phenoxy) is 1. The largest absolute Gasteiger partial charge is 0.378 e. The summed E-state index contributed by atoms with van der Waals surface area (Å²) in [4.78, 5) is 16.4. The van der Waals surface area contributed by atoms with Gasteiger partial charge in [-0.25, -0.2) is 4.79 Å². The summed E-state index contributed by atoms with van der Waals surface area (Å²) in [6.45, 7) is 10.0. The maximum absolute atomic E-state index is 12.4. The molecule has 1 aliphatic heterocycles. The van der Waals surface area contributed by atoms with Gasteiger partial charge in [0.25, 0.3) is 0 Å². The average Bonchev–Trinajstić information content (AvgIpc) is 2.61. The Balaban J connectivity index is 2.03. The smallest absolute Gasteiger partial charge is 0.321 e. The third-order valence-corrected chi connectivity index (χ3v) is 4.21. The number of nitriles is 1. The van der Waals surface area contributed by atoms with Crippen LogP contribution in [0.4, 0.5) is 16.2 Å². The molecule has 24 heavy (non-hydrogen) atoms. The Bertz CT molecular complexity index is 606. The number of rotatable bonds is 5. The summed E-state index contributed by atoms with van der Waals surface area (Å²) in [5.41, 5.74) is 2.98. The van der Waals surface area contributed by atoms with Gasteiger partial charge in [-0.3, -0.25) is 0 Å². The highest BCUT2D eigenvalue weighted by molar-refractivity contribution is 5.90. The van der Waals surface area contributed by atoms with Gasteiger partial charge >= 0.3 is 6.03 Å². The van der Waals surface area contributed by atoms with Gasteiger partial charge in [-0.1, -0.05) is 0 Å². The van der Waals surface area contributed by atoms with Crippen LogP contribution in [0.2, 0.25) is 0 Å². The highest BCUT2D eigenvalue weighted by Crippen LogP contribution is 2.23. The van der Waals surface area contributed by atoms with Crippen LogP contribution in [0.25, 0.3) is 0 Å². The van der Waals surface area contributed by atoms with Gasteiger partial charge in [0.15, 0.2) is 0 Å². The fraction of sp³-hybridized carbons (Fsp3) is 0.556. The lowest BCUT2D eigenvalue weighted by Crippen LogP contribution is -2.38. The minimum atomic E-state index is -0.180. The van der Waals surface area contributed by atoms with Crippen molar-refractivity contribution in [2.24, 2.45) is 5.92 Å². The van der Waals surface area contributed by atoms with Gasteiger partial charge in [0, 0.05) is 37.6 Å². The van der Waals surface area contributed by atoms with E-state index in [1.165, 1.54) is 0 Å². The van der Waals surface area contributed by atoms with E-state index in [0.717, 1.165) is 43.2 Å². The fourth-order valence-electron chi connectivity index (χ4n) is 2.73. The first-order valence-electron chi connectivity index (χ1n) is 8.44. The molecule has 1 unspecified atom stereocenters. The van der Waals surface area contributed by atoms with Gasteiger partial charge in [0.1, 0.15) is 0 Å². The minimum absolute atomic E-state index is 0.165. The lowest BCUT2D eigenvalue weighted by Gasteiger charge is -2.29. The van der Waals surface area contributed by atoms with E-state index in [9.17, 15) is 4.79 Å². The van der Waals surface area contributed by atoms with Crippen LogP contribution in [-0.4, -0.2) is 50.3 Å². The van der Waals surface area contributed by atoms with Crippen LogP contribution in [0.3, 0.4) is 0 Å². The number of urea groups is 1. The number of carbonyl (C=O) groups excluding carboxylic acids is 1. The number of benzene rings is 1. The second-order valence-corrected chi connectivity index (χ2v) is 6.10. The van der Waals surface area contributed by atoms with Crippen molar-refractivity contribution in [1.82, 2.24) is 4.90 Å². The summed E-state index contributed by atoms with van der Waals surface area (Å²) in [6.07, 6.45) is 0. The third kappa shape index (κ3) is 4.62. The van der Waals surface area contributed by atoms with Gasteiger partial charge in [-0.15, -0.1) is 0 Å². The first kappa shape index (κ1) is 18.1. The molecule has 6 heteroatoms. The van der Waals surface area contributed by atoms with Crippen molar-refractivity contribution in [1.29, 1.82) is 5.26 Å². The molecule has 1 N–H and O–H groups in total. The number of hydrogen-bond acceptors (Lipinski definition) is 4. The lowest BCUT2D eigenvalue weighted by atomic mass is 10.1. The molecule has 1 aromatic carbocycles. The van der Waals surface area contributed by atoms with Gasteiger partial charge in [-0.2, -0.15) is 5.26 Å². The maximum Gasteiger partial charge on any atom is 0.321 e. The molecule has 2 rings (SSSR count). The van der Waals surface area contributed by atoms with E-state index in [-0.39, 0.29) is 11.9 Å². The predicted molar refractivity (Wildman–Crippen MR) is 95.3 cm³/mol. The van der Waals surface area contributed by atoms with Gasteiger partial charge in [0.2, 0.25) is 0 Å². The molecule has 1 heterocycles. The highest BCUT2D eigenvalue weighted by atomic mass is 16.5. The van der Waals surface area contributed by atoms with E-state index in [2.05, 4.69) is 22.4 Å². The van der Waals surface area contributed by atoms with Crippen molar-refractivity contribution in [2.45, 2.75) is 20.8 Å². The van der Waals surface area contributed by atoms with Crippen molar-refractivity contribution in [3.05, 3.63) is 23.8 Å². The van der Waals surface area contributed by atoms with Crippen LogP contribution in [0, 0.1) is 24.2 Å². The molecule has 1 aliphatic rings. The molecule has 0 aromatic heterocycles. The maximum atomic E-state index is 12.4. The Morgan fingerprint density at radius 3 is 2.75 bits per heavy atom. The van der Waals surface area contributed by atoms with Crippen molar-refractivity contribution in [3.63, 3.8) is 0 Å². The molecule has 0 saturated carbocycles. The zero-order valence-electron chi connectivity index (χ0n) is 14.7. The summed E-state index contributed by atoms with van der Waals surface area (Å²) < 4.78 is 5.38. The minimum Gasteiger partial charge on any atom is -0.378 e. The van der Waals surface area contributed by atoms with Crippen molar-refractivity contribution in [2.75, 3.05) is 49.6 Å². The Morgan fingerprint density at radius 2 is 2.17 bits per heavy atom. The zero-order chi connectivity index (χ0) is 17.5. The Kier molecular flexibility index (Phi) is 6.44. The molecule has 0 radical (unpaired) electrons.